The first kappa shape index (κ1) is 9.90. The van der Waals surface area contributed by atoms with Crippen LogP contribution in [0.5, 0.6) is 0 Å². The van der Waals surface area contributed by atoms with Gasteiger partial charge in [-0.25, -0.2) is 0 Å². The summed E-state index contributed by atoms with van der Waals surface area (Å²) >= 11 is 0. The van der Waals surface area contributed by atoms with Crippen LogP contribution in [-0.4, -0.2) is 43.7 Å². The van der Waals surface area contributed by atoms with E-state index in [1.807, 2.05) is 4.90 Å². The van der Waals surface area contributed by atoms with E-state index in [-0.39, 0.29) is 24.4 Å². The Hall–Kier alpha value is -0.640. The molecular weight excluding hydrogens is 183 g/mol. The Kier molecular flexibility index (Phi) is 3.01. The third-order valence-electron chi connectivity index (χ3n) is 3.18. The van der Waals surface area contributed by atoms with Crippen molar-refractivity contribution in [3.8, 4) is 0 Å². The zero-order valence-corrected chi connectivity index (χ0v) is 8.34. The Labute approximate surface area is 83.6 Å². The van der Waals surface area contributed by atoms with Gasteiger partial charge in [0.2, 0.25) is 5.91 Å². The van der Waals surface area contributed by atoms with Crippen LogP contribution in [0.4, 0.5) is 4.39 Å². The third kappa shape index (κ3) is 1.90. The number of nitrogens with one attached hydrogen (secondary N) is 1. The lowest BCUT2D eigenvalue weighted by atomic mass is 9.96. The molecule has 2 fully saturated rings. The van der Waals surface area contributed by atoms with E-state index >= 15 is 0 Å². The summed E-state index contributed by atoms with van der Waals surface area (Å²) in [6.07, 6.45) is 1.89. The predicted octanol–water partition coefficient (Wildman–Crippen LogP) is 0.414. The van der Waals surface area contributed by atoms with Crippen LogP contribution in [0.2, 0.25) is 0 Å². The molecule has 0 aliphatic carbocycles. The maximum absolute atomic E-state index is 12.5. The van der Waals surface area contributed by atoms with Crippen molar-refractivity contribution < 1.29 is 9.18 Å². The number of hydrogen-bond acceptors (Lipinski definition) is 2. The number of halogens is 1. The summed E-state index contributed by atoms with van der Waals surface area (Å²) in [5, 5.41) is 3.08. The van der Waals surface area contributed by atoms with Gasteiger partial charge in [0.05, 0.1) is 12.6 Å². The normalized spacial score (nSPS) is 28.6. The van der Waals surface area contributed by atoms with Crippen molar-refractivity contribution in [1.82, 2.24) is 10.2 Å². The molecule has 14 heavy (non-hydrogen) atoms. The molecule has 0 aromatic rings. The number of likely N-dealkylation sites (tertiary alicyclic amines) is 1. The molecule has 2 aliphatic rings. The molecule has 1 N–H and O–H groups in total. The molecule has 3 nitrogen and oxygen atoms in total. The summed E-state index contributed by atoms with van der Waals surface area (Å²) in [6.45, 7) is 2.77. The Morgan fingerprint density at radius 2 is 2.29 bits per heavy atom. The second kappa shape index (κ2) is 4.26. The summed E-state index contributed by atoms with van der Waals surface area (Å²) in [4.78, 5) is 13.7. The van der Waals surface area contributed by atoms with Crippen LogP contribution in [0.25, 0.3) is 0 Å². The minimum atomic E-state index is -0.285. The molecule has 2 saturated heterocycles. The summed E-state index contributed by atoms with van der Waals surface area (Å²) in [5.41, 5.74) is 0. The number of alkyl halides is 1. The van der Waals surface area contributed by atoms with Gasteiger partial charge >= 0.3 is 0 Å². The first-order valence-electron chi connectivity index (χ1n) is 5.36. The summed E-state index contributed by atoms with van der Waals surface area (Å²) in [7, 11) is 0. The summed E-state index contributed by atoms with van der Waals surface area (Å²) in [5.74, 6) is 0.469. The number of nitrogens with zero attached hydrogens (tertiary/aromatic N) is 1. The maximum atomic E-state index is 12.5. The van der Waals surface area contributed by atoms with E-state index in [0.29, 0.717) is 6.54 Å². The van der Waals surface area contributed by atoms with Crippen molar-refractivity contribution in [2.75, 3.05) is 32.9 Å². The van der Waals surface area contributed by atoms with E-state index in [0.717, 1.165) is 32.5 Å². The maximum Gasteiger partial charge on any atom is 0.228 e. The average Bonchev–Trinajstić information content (AvgIpc) is 2.15. The van der Waals surface area contributed by atoms with E-state index in [4.69, 9.17) is 0 Å². The summed E-state index contributed by atoms with van der Waals surface area (Å²) in [6, 6.07) is 0. The largest absolute Gasteiger partial charge is 0.342 e. The number of hydrogen-bond donors (Lipinski definition) is 1. The minimum absolute atomic E-state index is 0.0840. The molecule has 1 amide bonds. The SMILES string of the molecule is O=C(C1CNC1)N1CCCC(CF)C1. The third-order valence-corrected chi connectivity index (χ3v) is 3.18. The molecule has 0 aromatic heterocycles. The predicted molar refractivity (Wildman–Crippen MR) is 51.6 cm³/mol. The van der Waals surface area contributed by atoms with Crippen LogP contribution < -0.4 is 5.32 Å². The van der Waals surface area contributed by atoms with Gasteiger partial charge in [0.15, 0.2) is 0 Å². The van der Waals surface area contributed by atoms with E-state index in [1.165, 1.54) is 0 Å². The van der Waals surface area contributed by atoms with Gasteiger partial charge in [-0.15, -0.1) is 0 Å². The molecule has 0 aromatic carbocycles. The Morgan fingerprint density at radius 3 is 2.86 bits per heavy atom. The number of carbonyl (C=O) groups is 1. The van der Waals surface area contributed by atoms with Gasteiger partial charge in [-0.1, -0.05) is 0 Å². The molecule has 2 heterocycles. The second-order valence-corrected chi connectivity index (χ2v) is 4.30. The average molecular weight is 200 g/mol. The van der Waals surface area contributed by atoms with Crippen LogP contribution in [-0.2, 0) is 4.79 Å². The zero-order valence-electron chi connectivity index (χ0n) is 8.34. The van der Waals surface area contributed by atoms with Gasteiger partial charge in [-0.2, -0.15) is 0 Å². The number of piperidine rings is 1. The van der Waals surface area contributed by atoms with Crippen molar-refractivity contribution in [3.05, 3.63) is 0 Å². The fourth-order valence-electron chi connectivity index (χ4n) is 2.11. The van der Waals surface area contributed by atoms with Gasteiger partial charge in [0.25, 0.3) is 0 Å². The molecule has 4 heteroatoms. The minimum Gasteiger partial charge on any atom is -0.342 e. The fourth-order valence-corrected chi connectivity index (χ4v) is 2.11. The molecule has 1 atom stereocenters. The van der Waals surface area contributed by atoms with Crippen molar-refractivity contribution in [3.63, 3.8) is 0 Å². The topological polar surface area (TPSA) is 32.3 Å². The zero-order chi connectivity index (χ0) is 9.97. The number of carbonyl (C=O) groups excluding carboxylic acids is 1. The molecule has 0 bridgehead atoms. The van der Waals surface area contributed by atoms with E-state index in [9.17, 15) is 9.18 Å². The van der Waals surface area contributed by atoms with E-state index in [1.54, 1.807) is 0 Å². The Balaban J connectivity index is 1.86. The quantitative estimate of drug-likeness (QED) is 0.700. The second-order valence-electron chi connectivity index (χ2n) is 4.30. The fraction of sp³-hybridized carbons (Fsp3) is 0.900. The Morgan fingerprint density at radius 1 is 1.50 bits per heavy atom. The van der Waals surface area contributed by atoms with Crippen molar-refractivity contribution in [2.24, 2.45) is 11.8 Å². The van der Waals surface area contributed by atoms with Gasteiger partial charge in [-0.05, 0) is 12.8 Å². The standard InChI is InChI=1S/C10H17FN2O/c11-4-8-2-1-3-13(7-8)10(14)9-5-12-6-9/h8-9,12H,1-7H2. The van der Waals surface area contributed by atoms with Crippen LogP contribution in [0.1, 0.15) is 12.8 Å². The van der Waals surface area contributed by atoms with Crippen LogP contribution >= 0.6 is 0 Å². The molecule has 0 saturated carbocycles. The van der Waals surface area contributed by atoms with Crippen molar-refractivity contribution in [2.45, 2.75) is 12.8 Å². The number of amides is 1. The smallest absolute Gasteiger partial charge is 0.228 e. The van der Waals surface area contributed by atoms with Gasteiger partial charge in [-0.3, -0.25) is 9.18 Å². The highest BCUT2D eigenvalue weighted by atomic mass is 19.1. The van der Waals surface area contributed by atoms with E-state index in [2.05, 4.69) is 5.32 Å². The highest BCUT2D eigenvalue weighted by Gasteiger charge is 2.31. The lowest BCUT2D eigenvalue weighted by Gasteiger charge is -2.36. The first-order chi connectivity index (χ1) is 6.81. The number of rotatable bonds is 2. The van der Waals surface area contributed by atoms with Crippen molar-refractivity contribution in [1.29, 1.82) is 0 Å². The van der Waals surface area contributed by atoms with Crippen LogP contribution in [0, 0.1) is 11.8 Å². The van der Waals surface area contributed by atoms with Gasteiger partial charge < -0.3 is 10.2 Å². The molecule has 2 aliphatic heterocycles. The molecule has 0 radical (unpaired) electrons. The molecule has 1 unspecified atom stereocenters. The summed E-state index contributed by atoms with van der Waals surface area (Å²) < 4.78 is 12.5. The highest BCUT2D eigenvalue weighted by molar-refractivity contribution is 5.80. The lowest BCUT2D eigenvalue weighted by molar-refractivity contribution is -0.139. The monoisotopic (exact) mass is 200 g/mol. The molecule has 2 rings (SSSR count). The highest BCUT2D eigenvalue weighted by Crippen LogP contribution is 2.19. The van der Waals surface area contributed by atoms with Crippen LogP contribution in [0.15, 0.2) is 0 Å². The van der Waals surface area contributed by atoms with E-state index < -0.39 is 0 Å². The Bertz CT molecular complexity index is 218. The van der Waals surface area contributed by atoms with Crippen molar-refractivity contribution >= 4 is 5.91 Å². The molecular formula is C10H17FN2O. The van der Waals surface area contributed by atoms with Crippen LogP contribution in [0.3, 0.4) is 0 Å². The molecule has 80 valence electrons. The molecule has 0 spiro atoms. The van der Waals surface area contributed by atoms with Gasteiger partial charge in [0.1, 0.15) is 0 Å². The lowest BCUT2D eigenvalue weighted by Crippen LogP contribution is -2.54. The van der Waals surface area contributed by atoms with Gasteiger partial charge in [0, 0.05) is 32.1 Å². The first-order valence-corrected chi connectivity index (χ1v) is 5.36.